The van der Waals surface area contributed by atoms with E-state index in [4.69, 9.17) is 14.6 Å². The van der Waals surface area contributed by atoms with Gasteiger partial charge in [-0.15, -0.1) is 0 Å². The number of ether oxygens (including phenoxy) is 2. The minimum absolute atomic E-state index is 0.0767. The topological polar surface area (TPSA) is 76.1 Å². The molecule has 1 N–H and O–H groups in total. The van der Waals surface area contributed by atoms with Crippen LogP contribution in [-0.4, -0.2) is 49.2 Å². The van der Waals surface area contributed by atoms with E-state index in [1.54, 1.807) is 23.1 Å². The van der Waals surface area contributed by atoms with E-state index in [2.05, 4.69) is 0 Å². The number of benzene rings is 1. The Bertz CT molecular complexity index is 535. The van der Waals surface area contributed by atoms with Gasteiger partial charge in [-0.2, -0.15) is 0 Å². The third-order valence-corrected chi connectivity index (χ3v) is 3.86. The minimum Gasteiger partial charge on any atom is -0.496 e. The molecule has 0 aromatic heterocycles. The zero-order valence-corrected chi connectivity index (χ0v) is 12.3. The van der Waals surface area contributed by atoms with Gasteiger partial charge in [-0.25, -0.2) is 0 Å². The van der Waals surface area contributed by atoms with Crippen LogP contribution in [0.3, 0.4) is 0 Å². The van der Waals surface area contributed by atoms with E-state index in [9.17, 15) is 9.59 Å². The zero-order chi connectivity index (χ0) is 15.6. The van der Waals surface area contributed by atoms with Gasteiger partial charge in [0, 0.05) is 13.1 Å². The molecule has 6 nitrogen and oxygen atoms in total. The average Bonchev–Trinajstić information content (AvgIpc) is 2.87. The lowest BCUT2D eigenvalue weighted by molar-refractivity contribution is -0.142. The highest BCUT2D eigenvalue weighted by Crippen LogP contribution is 2.32. The second-order valence-electron chi connectivity index (χ2n) is 5.17. The van der Waals surface area contributed by atoms with Crippen molar-refractivity contribution in [2.24, 2.45) is 11.8 Å². The average molecular weight is 293 g/mol. The van der Waals surface area contributed by atoms with E-state index in [1.807, 2.05) is 6.92 Å². The SMILES string of the molecule is COc1cccc(OC)c1C(=O)N1C[C@@H](C)[C@H](C(=O)O)C1. The van der Waals surface area contributed by atoms with Gasteiger partial charge in [0.2, 0.25) is 0 Å². The number of hydrogen-bond acceptors (Lipinski definition) is 4. The number of rotatable bonds is 4. The molecule has 6 heteroatoms. The molecule has 0 aliphatic carbocycles. The summed E-state index contributed by atoms with van der Waals surface area (Å²) in [4.78, 5) is 25.4. The summed E-state index contributed by atoms with van der Waals surface area (Å²) in [5.41, 5.74) is 0.334. The Hall–Kier alpha value is -2.24. The molecule has 1 saturated heterocycles. The number of carboxylic acids is 1. The molecule has 1 aliphatic heterocycles. The lowest BCUT2D eigenvalue weighted by Gasteiger charge is -2.19. The van der Waals surface area contributed by atoms with Crippen LogP contribution in [-0.2, 0) is 4.79 Å². The van der Waals surface area contributed by atoms with Crippen LogP contribution < -0.4 is 9.47 Å². The first-order valence-electron chi connectivity index (χ1n) is 6.72. The van der Waals surface area contributed by atoms with Crippen molar-refractivity contribution in [1.29, 1.82) is 0 Å². The molecule has 1 amide bonds. The fourth-order valence-corrected chi connectivity index (χ4v) is 2.67. The van der Waals surface area contributed by atoms with Gasteiger partial charge in [-0.3, -0.25) is 9.59 Å². The van der Waals surface area contributed by atoms with Crippen molar-refractivity contribution in [2.75, 3.05) is 27.3 Å². The van der Waals surface area contributed by atoms with Crippen molar-refractivity contribution in [3.63, 3.8) is 0 Å². The largest absolute Gasteiger partial charge is 0.496 e. The van der Waals surface area contributed by atoms with Crippen molar-refractivity contribution in [1.82, 2.24) is 4.90 Å². The van der Waals surface area contributed by atoms with Crippen LogP contribution in [0, 0.1) is 11.8 Å². The number of carboxylic acid groups (broad SMARTS) is 1. The summed E-state index contributed by atoms with van der Waals surface area (Å²) in [6.45, 7) is 2.46. The van der Waals surface area contributed by atoms with Gasteiger partial charge < -0.3 is 19.5 Å². The summed E-state index contributed by atoms with van der Waals surface area (Å²) in [6.07, 6.45) is 0. The second-order valence-corrected chi connectivity index (χ2v) is 5.17. The fraction of sp³-hybridized carbons (Fsp3) is 0.467. The molecule has 0 radical (unpaired) electrons. The summed E-state index contributed by atoms with van der Waals surface area (Å²) < 4.78 is 10.5. The smallest absolute Gasteiger partial charge is 0.308 e. The van der Waals surface area contributed by atoms with Crippen molar-refractivity contribution >= 4 is 11.9 Å². The minimum atomic E-state index is -0.871. The van der Waals surface area contributed by atoms with Crippen molar-refractivity contribution in [2.45, 2.75) is 6.92 Å². The molecule has 21 heavy (non-hydrogen) atoms. The predicted molar refractivity (Wildman–Crippen MR) is 75.7 cm³/mol. The third-order valence-electron chi connectivity index (χ3n) is 3.86. The number of carbonyl (C=O) groups excluding carboxylic acids is 1. The van der Waals surface area contributed by atoms with Gasteiger partial charge in [0.25, 0.3) is 5.91 Å². The number of methoxy groups -OCH3 is 2. The maximum Gasteiger partial charge on any atom is 0.308 e. The second kappa shape index (κ2) is 6.03. The predicted octanol–water partition coefficient (Wildman–Crippen LogP) is 1.50. The Labute approximate surface area is 123 Å². The number of aliphatic carboxylic acids is 1. The van der Waals surface area contributed by atoms with Gasteiger partial charge in [-0.1, -0.05) is 13.0 Å². The molecular weight excluding hydrogens is 274 g/mol. The molecule has 0 spiro atoms. The number of carbonyl (C=O) groups is 2. The first kappa shape index (κ1) is 15.2. The van der Waals surface area contributed by atoms with Crippen LogP contribution in [0.5, 0.6) is 11.5 Å². The van der Waals surface area contributed by atoms with Gasteiger partial charge in [-0.05, 0) is 18.1 Å². The fourth-order valence-electron chi connectivity index (χ4n) is 2.67. The number of nitrogens with zero attached hydrogens (tertiary/aromatic N) is 1. The molecule has 114 valence electrons. The third kappa shape index (κ3) is 2.79. The van der Waals surface area contributed by atoms with Crippen LogP contribution in [0.2, 0.25) is 0 Å². The van der Waals surface area contributed by atoms with Crippen LogP contribution in [0.1, 0.15) is 17.3 Å². The Morgan fingerprint density at radius 1 is 1.19 bits per heavy atom. The molecule has 1 fully saturated rings. The summed E-state index contributed by atoms with van der Waals surface area (Å²) in [7, 11) is 2.97. The zero-order valence-electron chi connectivity index (χ0n) is 12.3. The molecule has 0 saturated carbocycles. The van der Waals surface area contributed by atoms with Gasteiger partial charge in [0.15, 0.2) is 0 Å². The summed E-state index contributed by atoms with van der Waals surface area (Å²) in [5.74, 6) is -0.900. The Morgan fingerprint density at radius 2 is 1.76 bits per heavy atom. The molecule has 1 aromatic carbocycles. The van der Waals surface area contributed by atoms with E-state index in [0.717, 1.165) is 0 Å². The monoisotopic (exact) mass is 293 g/mol. The van der Waals surface area contributed by atoms with E-state index in [0.29, 0.717) is 23.6 Å². The standard InChI is InChI=1S/C15H19NO5/c1-9-7-16(8-10(9)15(18)19)14(17)13-11(20-2)5-4-6-12(13)21-3/h4-6,9-10H,7-8H2,1-3H3,(H,18,19)/t9-,10-/m1/s1. The summed E-state index contributed by atoms with van der Waals surface area (Å²) in [6, 6.07) is 5.11. The quantitative estimate of drug-likeness (QED) is 0.910. The van der Waals surface area contributed by atoms with Crippen molar-refractivity contribution < 1.29 is 24.2 Å². The van der Waals surface area contributed by atoms with E-state index < -0.39 is 11.9 Å². The normalized spacial score (nSPS) is 21.2. The highest BCUT2D eigenvalue weighted by atomic mass is 16.5. The van der Waals surface area contributed by atoms with E-state index in [-0.39, 0.29) is 18.4 Å². The molecule has 1 aliphatic rings. The van der Waals surface area contributed by atoms with Crippen LogP contribution in [0.4, 0.5) is 0 Å². The van der Waals surface area contributed by atoms with Crippen LogP contribution in [0.25, 0.3) is 0 Å². The van der Waals surface area contributed by atoms with E-state index in [1.165, 1.54) is 14.2 Å². The summed E-state index contributed by atoms with van der Waals surface area (Å²) >= 11 is 0. The first-order chi connectivity index (χ1) is 9.99. The highest BCUT2D eigenvalue weighted by molar-refractivity contribution is 6.00. The Kier molecular flexibility index (Phi) is 4.35. The number of likely N-dealkylation sites (tertiary alicyclic amines) is 1. The molecule has 1 heterocycles. The number of amides is 1. The lowest BCUT2D eigenvalue weighted by Crippen LogP contribution is -2.30. The molecule has 0 bridgehead atoms. The molecule has 2 atom stereocenters. The van der Waals surface area contributed by atoms with Crippen LogP contribution in [0.15, 0.2) is 18.2 Å². The first-order valence-corrected chi connectivity index (χ1v) is 6.72. The molecule has 1 aromatic rings. The van der Waals surface area contributed by atoms with Crippen molar-refractivity contribution in [3.8, 4) is 11.5 Å². The van der Waals surface area contributed by atoms with Crippen LogP contribution >= 0.6 is 0 Å². The highest BCUT2D eigenvalue weighted by Gasteiger charge is 2.38. The molecule has 2 rings (SSSR count). The summed E-state index contributed by atoms with van der Waals surface area (Å²) in [5, 5.41) is 9.17. The Balaban J connectivity index is 2.31. The maximum atomic E-state index is 12.7. The Morgan fingerprint density at radius 3 is 2.19 bits per heavy atom. The van der Waals surface area contributed by atoms with E-state index >= 15 is 0 Å². The van der Waals surface area contributed by atoms with Gasteiger partial charge in [0.1, 0.15) is 17.1 Å². The molecule has 0 unspecified atom stereocenters. The van der Waals surface area contributed by atoms with Crippen molar-refractivity contribution in [3.05, 3.63) is 23.8 Å². The maximum absolute atomic E-state index is 12.7. The number of hydrogen-bond donors (Lipinski definition) is 1. The lowest BCUT2D eigenvalue weighted by atomic mass is 9.99. The van der Waals surface area contributed by atoms with Gasteiger partial charge in [0.05, 0.1) is 20.1 Å². The van der Waals surface area contributed by atoms with Gasteiger partial charge >= 0.3 is 5.97 Å². The molecular formula is C15H19NO5.